The highest BCUT2D eigenvalue weighted by Crippen LogP contribution is 2.39. The highest BCUT2D eigenvalue weighted by molar-refractivity contribution is 6.04. The first-order valence-electron chi connectivity index (χ1n) is 12.1. The number of aromatic nitrogens is 4. The molecule has 36 heavy (non-hydrogen) atoms. The van der Waals surface area contributed by atoms with Crippen LogP contribution in [0.1, 0.15) is 25.0 Å². The molecule has 1 amide bonds. The highest BCUT2D eigenvalue weighted by atomic mass is 16.5. The van der Waals surface area contributed by atoms with Gasteiger partial charge >= 0.3 is 0 Å². The fraction of sp³-hybridized carbons (Fsp3) is 0.321. The average Bonchev–Trinajstić information content (AvgIpc) is 3.47. The molecule has 0 aliphatic heterocycles. The van der Waals surface area contributed by atoms with Crippen LogP contribution >= 0.6 is 0 Å². The van der Waals surface area contributed by atoms with E-state index in [-0.39, 0.29) is 12.0 Å². The quantitative estimate of drug-likeness (QED) is 0.308. The van der Waals surface area contributed by atoms with Gasteiger partial charge in [-0.2, -0.15) is 5.10 Å². The summed E-state index contributed by atoms with van der Waals surface area (Å²) in [6, 6.07) is 8.20. The summed E-state index contributed by atoms with van der Waals surface area (Å²) in [6.45, 7) is 11.7. The van der Waals surface area contributed by atoms with E-state index in [0.717, 1.165) is 63.3 Å². The van der Waals surface area contributed by atoms with Crippen molar-refractivity contribution >= 4 is 22.6 Å². The minimum Gasteiger partial charge on any atom is -0.374 e. The van der Waals surface area contributed by atoms with Gasteiger partial charge in [-0.1, -0.05) is 18.7 Å². The molecule has 2 N–H and O–H groups in total. The molecule has 0 aliphatic carbocycles. The molecule has 8 nitrogen and oxygen atoms in total. The van der Waals surface area contributed by atoms with E-state index in [9.17, 15) is 4.79 Å². The van der Waals surface area contributed by atoms with E-state index >= 15 is 0 Å². The number of nitrogens with one attached hydrogen (secondary N) is 2. The van der Waals surface area contributed by atoms with Gasteiger partial charge in [0.15, 0.2) is 0 Å². The molecule has 0 aliphatic rings. The lowest BCUT2D eigenvalue weighted by Gasteiger charge is -2.11. The van der Waals surface area contributed by atoms with Crippen LogP contribution in [0.4, 0.5) is 5.69 Å². The van der Waals surface area contributed by atoms with Crippen molar-refractivity contribution in [2.24, 2.45) is 0 Å². The Hall–Kier alpha value is -3.75. The number of nitrogens with zero attached hydrogens (tertiary/aromatic N) is 4. The van der Waals surface area contributed by atoms with Crippen molar-refractivity contribution in [1.29, 1.82) is 0 Å². The SMILES string of the molecule is C=CC(=O)Nc1cc(-c2c(-c3cnn(CCN(C)C)c3)[nH]c3ncc(COC(C)C)cc23)ccc1C. The van der Waals surface area contributed by atoms with Gasteiger partial charge < -0.3 is 19.9 Å². The van der Waals surface area contributed by atoms with Crippen LogP contribution in [0.3, 0.4) is 0 Å². The number of anilines is 1. The van der Waals surface area contributed by atoms with E-state index in [1.165, 1.54) is 6.08 Å². The maximum absolute atomic E-state index is 12.0. The topological polar surface area (TPSA) is 88.1 Å². The maximum atomic E-state index is 12.0. The molecule has 1 aromatic carbocycles. The number of ether oxygens (including phenoxy) is 1. The zero-order chi connectivity index (χ0) is 25.8. The number of carbonyl (C=O) groups excluding carboxylic acids is 1. The summed E-state index contributed by atoms with van der Waals surface area (Å²) in [7, 11) is 4.10. The van der Waals surface area contributed by atoms with Crippen molar-refractivity contribution in [3.63, 3.8) is 0 Å². The minimum absolute atomic E-state index is 0.128. The second-order valence-corrected chi connectivity index (χ2v) is 9.49. The lowest BCUT2D eigenvalue weighted by atomic mass is 9.98. The van der Waals surface area contributed by atoms with Crippen molar-refractivity contribution in [2.75, 3.05) is 26.0 Å². The Morgan fingerprint density at radius 2 is 2.06 bits per heavy atom. The fourth-order valence-electron chi connectivity index (χ4n) is 3.99. The predicted octanol–water partition coefficient (Wildman–Crippen LogP) is 5.01. The van der Waals surface area contributed by atoms with Gasteiger partial charge in [0.05, 0.1) is 31.1 Å². The minimum atomic E-state index is -0.244. The van der Waals surface area contributed by atoms with Crippen LogP contribution in [-0.2, 0) is 22.7 Å². The third-order valence-corrected chi connectivity index (χ3v) is 5.96. The van der Waals surface area contributed by atoms with Gasteiger partial charge in [0, 0.05) is 41.1 Å². The molecule has 0 atom stereocenters. The van der Waals surface area contributed by atoms with Gasteiger partial charge in [0.1, 0.15) is 5.65 Å². The molecule has 4 aromatic rings. The van der Waals surface area contributed by atoms with Crippen molar-refractivity contribution in [3.05, 3.63) is 66.6 Å². The molecule has 0 fully saturated rings. The zero-order valence-corrected chi connectivity index (χ0v) is 21.6. The number of amides is 1. The third kappa shape index (κ3) is 5.72. The number of aromatic amines is 1. The van der Waals surface area contributed by atoms with Crippen LogP contribution in [0.25, 0.3) is 33.4 Å². The second kappa shape index (κ2) is 10.9. The van der Waals surface area contributed by atoms with Crippen LogP contribution in [0.15, 0.2) is 55.5 Å². The van der Waals surface area contributed by atoms with Gasteiger partial charge in [-0.15, -0.1) is 0 Å². The Morgan fingerprint density at radius 3 is 2.78 bits per heavy atom. The fourth-order valence-corrected chi connectivity index (χ4v) is 3.99. The van der Waals surface area contributed by atoms with E-state index in [2.05, 4.69) is 45.2 Å². The number of aryl methyl sites for hydroxylation is 1. The molecule has 4 rings (SSSR count). The molecule has 0 unspecified atom stereocenters. The molecule has 0 saturated carbocycles. The van der Waals surface area contributed by atoms with Crippen LogP contribution in [-0.4, -0.2) is 57.3 Å². The number of carbonyl (C=O) groups is 1. The molecule has 3 aromatic heterocycles. The van der Waals surface area contributed by atoms with E-state index in [4.69, 9.17) is 9.72 Å². The monoisotopic (exact) mass is 486 g/mol. The smallest absolute Gasteiger partial charge is 0.247 e. The number of fused-ring (bicyclic) bond motifs is 1. The Kier molecular flexibility index (Phi) is 7.67. The van der Waals surface area contributed by atoms with Crippen molar-refractivity contribution in [2.45, 2.75) is 40.0 Å². The summed E-state index contributed by atoms with van der Waals surface area (Å²) in [5.41, 5.74) is 7.36. The molecule has 0 bridgehead atoms. The van der Waals surface area contributed by atoms with Gasteiger partial charge in [0.25, 0.3) is 0 Å². The van der Waals surface area contributed by atoms with Crippen molar-refractivity contribution < 1.29 is 9.53 Å². The summed E-state index contributed by atoms with van der Waals surface area (Å²) in [4.78, 5) is 22.4. The second-order valence-electron chi connectivity index (χ2n) is 9.49. The Morgan fingerprint density at radius 1 is 1.25 bits per heavy atom. The molecule has 3 heterocycles. The number of pyridine rings is 1. The number of benzene rings is 1. The summed E-state index contributed by atoms with van der Waals surface area (Å²) in [5, 5.41) is 8.49. The van der Waals surface area contributed by atoms with Crippen LogP contribution in [0.2, 0.25) is 0 Å². The Labute approximate surface area is 212 Å². The number of hydrogen-bond acceptors (Lipinski definition) is 5. The van der Waals surface area contributed by atoms with Gasteiger partial charge in [-0.3, -0.25) is 9.48 Å². The van der Waals surface area contributed by atoms with Crippen LogP contribution in [0, 0.1) is 6.92 Å². The first-order chi connectivity index (χ1) is 17.2. The van der Waals surface area contributed by atoms with E-state index in [0.29, 0.717) is 6.61 Å². The summed E-state index contributed by atoms with van der Waals surface area (Å²) >= 11 is 0. The number of hydrogen-bond donors (Lipinski definition) is 2. The first kappa shape index (κ1) is 25.3. The van der Waals surface area contributed by atoms with Gasteiger partial charge in [-0.25, -0.2) is 4.98 Å². The average molecular weight is 487 g/mol. The largest absolute Gasteiger partial charge is 0.374 e. The summed E-state index contributed by atoms with van der Waals surface area (Å²) < 4.78 is 7.78. The maximum Gasteiger partial charge on any atom is 0.247 e. The van der Waals surface area contributed by atoms with E-state index in [1.807, 2.05) is 64.1 Å². The van der Waals surface area contributed by atoms with Gasteiger partial charge in [0.2, 0.25) is 5.91 Å². The van der Waals surface area contributed by atoms with Gasteiger partial charge in [-0.05, 0) is 69.8 Å². The highest BCUT2D eigenvalue weighted by Gasteiger charge is 2.19. The van der Waals surface area contributed by atoms with Crippen molar-refractivity contribution in [1.82, 2.24) is 24.6 Å². The number of rotatable bonds is 10. The molecule has 188 valence electrons. The predicted molar refractivity (Wildman–Crippen MR) is 145 cm³/mol. The van der Waals surface area contributed by atoms with Crippen LogP contribution < -0.4 is 5.32 Å². The molecular formula is C28H34N6O2. The molecule has 0 saturated heterocycles. The van der Waals surface area contributed by atoms with E-state index < -0.39 is 0 Å². The molecule has 8 heteroatoms. The number of H-pyrrole nitrogens is 1. The number of likely N-dealkylation sites (N-methyl/N-ethyl adjacent to an activating group) is 1. The lowest BCUT2D eigenvalue weighted by molar-refractivity contribution is -0.111. The van der Waals surface area contributed by atoms with Crippen molar-refractivity contribution in [3.8, 4) is 22.4 Å². The molecule has 0 radical (unpaired) electrons. The molecular weight excluding hydrogens is 452 g/mol. The standard InChI is InChI=1S/C28H34N6O2/c1-7-25(35)31-24-13-21(9-8-19(24)4)26-23-12-20(17-36-18(2)3)14-29-28(23)32-27(26)22-15-30-34(16-22)11-10-33(5)6/h7-9,12-16,18H,1,10-11,17H2,2-6H3,(H,29,32)(H,31,35). The van der Waals surface area contributed by atoms with Crippen LogP contribution in [0.5, 0.6) is 0 Å². The Balaban J connectivity index is 1.85. The molecule has 0 spiro atoms. The lowest BCUT2D eigenvalue weighted by Crippen LogP contribution is -2.18. The first-order valence-corrected chi connectivity index (χ1v) is 12.1. The zero-order valence-electron chi connectivity index (χ0n) is 21.6. The third-order valence-electron chi connectivity index (χ3n) is 5.96. The van der Waals surface area contributed by atoms with E-state index in [1.54, 1.807) is 0 Å². The summed E-state index contributed by atoms with van der Waals surface area (Å²) in [5.74, 6) is -0.244. The normalized spacial score (nSPS) is 11.5. The Bertz CT molecular complexity index is 1380. The summed E-state index contributed by atoms with van der Waals surface area (Å²) in [6.07, 6.45) is 7.18.